The van der Waals surface area contributed by atoms with Gasteiger partial charge < -0.3 is 9.84 Å². The summed E-state index contributed by atoms with van der Waals surface area (Å²) in [5.74, 6) is 0.739. The first-order valence-corrected chi connectivity index (χ1v) is 7.24. The van der Waals surface area contributed by atoms with E-state index >= 15 is 0 Å². The maximum absolute atomic E-state index is 13.9. The maximum atomic E-state index is 13.9. The van der Waals surface area contributed by atoms with Crippen LogP contribution in [0.5, 0.6) is 5.75 Å². The van der Waals surface area contributed by atoms with E-state index in [1.165, 1.54) is 25.3 Å². The first-order chi connectivity index (χ1) is 9.10. The molecule has 0 radical (unpaired) electrons. The molecule has 2 rings (SSSR count). The number of hydrogen-bond acceptors (Lipinski definition) is 2. The monoisotopic (exact) mass is 266 g/mol. The summed E-state index contributed by atoms with van der Waals surface area (Å²) in [7, 11) is 0. The second-order valence-electron chi connectivity index (χ2n) is 5.53. The number of ether oxygens (including phenoxy) is 1. The van der Waals surface area contributed by atoms with Crippen LogP contribution in [0.15, 0.2) is 18.2 Å². The summed E-state index contributed by atoms with van der Waals surface area (Å²) in [4.78, 5) is 0. The van der Waals surface area contributed by atoms with Crippen molar-refractivity contribution in [1.29, 1.82) is 0 Å². The average Bonchev–Trinajstić information content (AvgIpc) is 2.41. The van der Waals surface area contributed by atoms with E-state index in [9.17, 15) is 9.50 Å². The molecule has 106 valence electrons. The molecular formula is C16H23FO2. The van der Waals surface area contributed by atoms with Gasteiger partial charge in [0.05, 0.1) is 12.2 Å². The molecule has 0 aliphatic heterocycles. The highest BCUT2D eigenvalue weighted by Crippen LogP contribution is 2.30. The van der Waals surface area contributed by atoms with Crippen molar-refractivity contribution in [2.45, 2.75) is 58.2 Å². The summed E-state index contributed by atoms with van der Waals surface area (Å²) in [5, 5.41) is 9.41. The summed E-state index contributed by atoms with van der Waals surface area (Å²) in [5.41, 5.74) is 0.583. The first kappa shape index (κ1) is 14.3. The Bertz CT molecular complexity index is 409. The van der Waals surface area contributed by atoms with Crippen LogP contribution >= 0.6 is 0 Å². The van der Waals surface area contributed by atoms with E-state index in [2.05, 4.69) is 6.92 Å². The molecule has 0 amide bonds. The fourth-order valence-electron chi connectivity index (χ4n) is 2.71. The normalized spacial score (nSPS) is 25.1. The summed E-state index contributed by atoms with van der Waals surface area (Å²) < 4.78 is 19.6. The molecule has 1 aromatic carbocycles. The number of aliphatic hydroxyl groups is 1. The fourth-order valence-corrected chi connectivity index (χ4v) is 2.71. The molecule has 1 unspecified atom stereocenters. The molecule has 1 aromatic rings. The predicted molar refractivity (Wildman–Crippen MR) is 73.7 cm³/mol. The quantitative estimate of drug-likeness (QED) is 0.883. The van der Waals surface area contributed by atoms with E-state index in [0.717, 1.165) is 18.8 Å². The molecule has 2 nitrogen and oxygen atoms in total. The Balaban J connectivity index is 1.96. The van der Waals surface area contributed by atoms with E-state index in [0.29, 0.717) is 11.3 Å². The molecule has 1 fully saturated rings. The first-order valence-electron chi connectivity index (χ1n) is 7.24. The van der Waals surface area contributed by atoms with Crippen LogP contribution in [-0.2, 0) is 0 Å². The van der Waals surface area contributed by atoms with Gasteiger partial charge in [0.15, 0.2) is 11.6 Å². The van der Waals surface area contributed by atoms with Gasteiger partial charge in [-0.1, -0.05) is 19.4 Å². The van der Waals surface area contributed by atoms with Gasteiger partial charge in [-0.25, -0.2) is 4.39 Å². The zero-order valence-corrected chi connectivity index (χ0v) is 11.7. The smallest absolute Gasteiger partial charge is 0.165 e. The third kappa shape index (κ3) is 3.69. The van der Waals surface area contributed by atoms with Crippen molar-refractivity contribution >= 4 is 0 Å². The summed E-state index contributed by atoms with van der Waals surface area (Å²) in [6.07, 6.45) is 5.08. The van der Waals surface area contributed by atoms with Crippen molar-refractivity contribution in [3.63, 3.8) is 0 Å². The lowest BCUT2D eigenvalue weighted by Crippen LogP contribution is -2.24. The number of rotatable bonds is 4. The van der Waals surface area contributed by atoms with Crippen LogP contribution < -0.4 is 4.74 Å². The number of benzene rings is 1. The lowest BCUT2D eigenvalue weighted by Gasteiger charge is -2.28. The minimum absolute atomic E-state index is 0.134. The fraction of sp³-hybridized carbons (Fsp3) is 0.625. The van der Waals surface area contributed by atoms with Crippen molar-refractivity contribution in [1.82, 2.24) is 0 Å². The van der Waals surface area contributed by atoms with Crippen LogP contribution in [0.2, 0.25) is 0 Å². The number of aliphatic hydroxyl groups excluding tert-OH is 1. The summed E-state index contributed by atoms with van der Waals surface area (Å²) in [6.45, 7) is 3.85. The van der Waals surface area contributed by atoms with E-state index in [4.69, 9.17) is 4.74 Å². The Morgan fingerprint density at radius 2 is 2.00 bits per heavy atom. The van der Waals surface area contributed by atoms with Gasteiger partial charge in [0, 0.05) is 0 Å². The molecule has 0 aromatic heterocycles. The highest BCUT2D eigenvalue weighted by molar-refractivity contribution is 5.30. The van der Waals surface area contributed by atoms with Gasteiger partial charge in [-0.05, 0) is 56.2 Å². The minimum Gasteiger partial charge on any atom is -0.487 e. The van der Waals surface area contributed by atoms with Crippen LogP contribution in [0.3, 0.4) is 0 Å². The molecule has 1 saturated carbocycles. The molecule has 1 N–H and O–H groups in total. The van der Waals surface area contributed by atoms with Gasteiger partial charge in [-0.15, -0.1) is 0 Å². The van der Waals surface area contributed by atoms with Gasteiger partial charge in [0.2, 0.25) is 0 Å². The molecule has 0 bridgehead atoms. The number of hydrogen-bond donors (Lipinski definition) is 1. The lowest BCUT2D eigenvalue weighted by atomic mass is 9.86. The Kier molecular flexibility index (Phi) is 4.81. The third-order valence-corrected chi connectivity index (χ3v) is 4.10. The van der Waals surface area contributed by atoms with Crippen molar-refractivity contribution in [2.75, 3.05) is 0 Å². The van der Waals surface area contributed by atoms with Crippen LogP contribution in [0.1, 0.15) is 57.6 Å². The van der Waals surface area contributed by atoms with Gasteiger partial charge in [-0.3, -0.25) is 0 Å². The molecule has 1 aliphatic rings. The molecule has 0 heterocycles. The molecule has 19 heavy (non-hydrogen) atoms. The summed E-state index contributed by atoms with van der Waals surface area (Å²) >= 11 is 0. The van der Waals surface area contributed by atoms with Crippen LogP contribution in [-0.4, -0.2) is 11.2 Å². The van der Waals surface area contributed by atoms with E-state index in [-0.39, 0.29) is 11.9 Å². The maximum Gasteiger partial charge on any atom is 0.165 e. The molecular weight excluding hydrogens is 243 g/mol. The van der Waals surface area contributed by atoms with Gasteiger partial charge in [0.1, 0.15) is 0 Å². The van der Waals surface area contributed by atoms with Crippen molar-refractivity contribution in [3.8, 4) is 5.75 Å². The Morgan fingerprint density at radius 3 is 2.53 bits per heavy atom. The zero-order chi connectivity index (χ0) is 13.8. The Morgan fingerprint density at radius 1 is 1.32 bits per heavy atom. The largest absolute Gasteiger partial charge is 0.487 e. The topological polar surface area (TPSA) is 29.5 Å². The van der Waals surface area contributed by atoms with Crippen molar-refractivity contribution in [2.24, 2.45) is 5.92 Å². The SMILES string of the molecule is CCC1CCC(Oc2ccc(C(C)O)cc2F)CC1. The van der Waals surface area contributed by atoms with Crippen LogP contribution in [0.25, 0.3) is 0 Å². The Labute approximate surface area is 114 Å². The second kappa shape index (κ2) is 6.38. The molecule has 3 heteroatoms. The van der Waals surface area contributed by atoms with Gasteiger partial charge >= 0.3 is 0 Å². The number of halogens is 1. The summed E-state index contributed by atoms with van der Waals surface area (Å²) in [6, 6.07) is 4.71. The van der Waals surface area contributed by atoms with Gasteiger partial charge in [-0.2, -0.15) is 0 Å². The highest BCUT2D eigenvalue weighted by atomic mass is 19.1. The van der Waals surface area contributed by atoms with E-state index in [1.54, 1.807) is 19.1 Å². The molecule has 1 aliphatic carbocycles. The highest BCUT2D eigenvalue weighted by Gasteiger charge is 2.22. The van der Waals surface area contributed by atoms with Crippen LogP contribution in [0, 0.1) is 11.7 Å². The van der Waals surface area contributed by atoms with Crippen molar-refractivity contribution in [3.05, 3.63) is 29.6 Å². The van der Waals surface area contributed by atoms with Crippen molar-refractivity contribution < 1.29 is 14.2 Å². The average molecular weight is 266 g/mol. The lowest BCUT2D eigenvalue weighted by molar-refractivity contribution is 0.125. The zero-order valence-electron chi connectivity index (χ0n) is 11.7. The van der Waals surface area contributed by atoms with Crippen LogP contribution in [0.4, 0.5) is 4.39 Å². The molecule has 1 atom stereocenters. The van der Waals surface area contributed by atoms with Gasteiger partial charge in [0.25, 0.3) is 0 Å². The standard InChI is InChI=1S/C16H23FO2/c1-3-12-4-7-14(8-5-12)19-16-9-6-13(11(2)18)10-15(16)17/h6,9-12,14,18H,3-5,7-8H2,1-2H3. The third-order valence-electron chi connectivity index (χ3n) is 4.10. The predicted octanol–water partition coefficient (Wildman–Crippen LogP) is 4.23. The van der Waals surface area contributed by atoms with E-state index < -0.39 is 6.10 Å². The molecule has 0 spiro atoms. The second-order valence-corrected chi connectivity index (χ2v) is 5.53. The minimum atomic E-state index is -0.649. The molecule has 0 saturated heterocycles. The van der Waals surface area contributed by atoms with E-state index in [1.807, 2.05) is 0 Å². The Hall–Kier alpha value is -1.09.